The number of anilines is 1. The average molecular weight is 250 g/mol. The summed E-state index contributed by atoms with van der Waals surface area (Å²) in [5.74, 6) is 0.0590. The molecule has 5 nitrogen and oxygen atoms in total. The largest absolute Gasteiger partial charge is 0.397 e. The van der Waals surface area contributed by atoms with E-state index in [9.17, 15) is 4.79 Å². The Labute approximate surface area is 108 Å². The number of hydrogen-bond acceptors (Lipinski definition) is 3. The number of nitrogens with zero attached hydrogens (tertiary/aromatic N) is 3. The summed E-state index contributed by atoms with van der Waals surface area (Å²) in [6, 6.07) is 2.08. The van der Waals surface area contributed by atoms with E-state index in [2.05, 4.69) is 11.9 Å². The van der Waals surface area contributed by atoms with Gasteiger partial charge in [-0.3, -0.25) is 4.79 Å². The third-order valence-corrected chi connectivity index (χ3v) is 3.80. The molecule has 0 bridgehead atoms. The molecule has 1 aliphatic heterocycles. The van der Waals surface area contributed by atoms with Crippen LogP contribution < -0.4 is 5.73 Å². The number of likely N-dealkylation sites (tertiary alicyclic amines) is 1. The van der Waals surface area contributed by atoms with Crippen molar-refractivity contribution in [3.05, 3.63) is 18.0 Å². The van der Waals surface area contributed by atoms with E-state index < -0.39 is 0 Å². The van der Waals surface area contributed by atoms with E-state index in [1.807, 2.05) is 19.0 Å². The first-order chi connectivity index (χ1) is 8.49. The van der Waals surface area contributed by atoms with Gasteiger partial charge < -0.3 is 20.1 Å². The molecule has 0 saturated carbocycles. The number of nitrogens with two attached hydrogens (primary N) is 1. The fourth-order valence-corrected chi connectivity index (χ4v) is 2.53. The van der Waals surface area contributed by atoms with E-state index in [1.54, 1.807) is 16.8 Å². The molecule has 1 amide bonds. The highest BCUT2D eigenvalue weighted by molar-refractivity contribution is 5.93. The lowest BCUT2D eigenvalue weighted by atomic mass is 10.0. The monoisotopic (exact) mass is 250 g/mol. The van der Waals surface area contributed by atoms with Gasteiger partial charge in [-0.2, -0.15) is 0 Å². The number of carbonyl (C=O) groups is 1. The predicted octanol–water partition coefficient (Wildman–Crippen LogP) is 0.773. The second-order valence-corrected chi connectivity index (χ2v) is 5.22. The summed E-state index contributed by atoms with van der Waals surface area (Å²) in [7, 11) is 5.86. The maximum atomic E-state index is 12.4. The van der Waals surface area contributed by atoms with Gasteiger partial charge in [0.1, 0.15) is 5.69 Å². The maximum Gasteiger partial charge on any atom is 0.270 e. The Morgan fingerprint density at radius 2 is 2.00 bits per heavy atom. The fraction of sp³-hybridized carbons (Fsp3) is 0.615. The van der Waals surface area contributed by atoms with Crippen molar-refractivity contribution >= 4 is 11.6 Å². The molecule has 2 N–H and O–H groups in total. The number of rotatable bonds is 2. The van der Waals surface area contributed by atoms with Gasteiger partial charge >= 0.3 is 0 Å². The van der Waals surface area contributed by atoms with Crippen LogP contribution in [0.3, 0.4) is 0 Å². The molecule has 0 aromatic carbocycles. The highest BCUT2D eigenvalue weighted by Crippen LogP contribution is 2.18. The normalized spacial score (nSPS) is 17.9. The number of nitrogen functional groups attached to an aromatic ring is 1. The number of carbonyl (C=O) groups excluding carboxylic acids is 1. The fourth-order valence-electron chi connectivity index (χ4n) is 2.53. The first-order valence-corrected chi connectivity index (χ1v) is 6.36. The van der Waals surface area contributed by atoms with E-state index in [0.717, 1.165) is 25.9 Å². The molecule has 18 heavy (non-hydrogen) atoms. The molecule has 2 rings (SSSR count). The molecular weight excluding hydrogens is 228 g/mol. The van der Waals surface area contributed by atoms with Crippen LogP contribution in [0.25, 0.3) is 0 Å². The maximum absolute atomic E-state index is 12.4. The summed E-state index contributed by atoms with van der Waals surface area (Å²) in [4.78, 5) is 16.6. The minimum Gasteiger partial charge on any atom is -0.397 e. The number of hydrogen-bond donors (Lipinski definition) is 1. The van der Waals surface area contributed by atoms with Gasteiger partial charge in [-0.25, -0.2) is 0 Å². The zero-order valence-electron chi connectivity index (χ0n) is 11.4. The van der Waals surface area contributed by atoms with Gasteiger partial charge in [-0.05, 0) is 39.0 Å². The van der Waals surface area contributed by atoms with Gasteiger partial charge in [0.15, 0.2) is 0 Å². The SMILES string of the molecule is CN1CCC(N(C)C(=O)c2cc(N)cn2C)CC1. The van der Waals surface area contributed by atoms with Crippen molar-refractivity contribution in [2.75, 3.05) is 32.9 Å². The summed E-state index contributed by atoms with van der Waals surface area (Å²) in [6.07, 6.45) is 3.85. The lowest BCUT2D eigenvalue weighted by Crippen LogP contribution is -2.44. The Morgan fingerprint density at radius 3 is 2.50 bits per heavy atom. The van der Waals surface area contributed by atoms with Crippen LogP contribution in [0.1, 0.15) is 23.3 Å². The molecule has 0 atom stereocenters. The van der Waals surface area contributed by atoms with Crippen LogP contribution in [0.5, 0.6) is 0 Å². The predicted molar refractivity (Wildman–Crippen MR) is 72.4 cm³/mol. The number of piperidine rings is 1. The van der Waals surface area contributed by atoms with Gasteiger partial charge in [0.2, 0.25) is 0 Å². The Balaban J connectivity index is 2.07. The average Bonchev–Trinajstić information content (AvgIpc) is 2.67. The zero-order valence-corrected chi connectivity index (χ0v) is 11.4. The summed E-state index contributed by atoms with van der Waals surface area (Å²) in [5.41, 5.74) is 7.01. The standard InChI is InChI=1S/C13H22N4O/c1-15-6-4-11(5-7-15)17(3)13(18)12-8-10(14)9-16(12)2/h8-9,11H,4-7,14H2,1-3H3. The van der Waals surface area contributed by atoms with Crippen molar-refractivity contribution in [1.82, 2.24) is 14.4 Å². The van der Waals surface area contributed by atoms with Crippen LogP contribution >= 0.6 is 0 Å². The van der Waals surface area contributed by atoms with E-state index in [0.29, 0.717) is 17.4 Å². The minimum absolute atomic E-state index is 0.0590. The van der Waals surface area contributed by atoms with Gasteiger partial charge in [-0.15, -0.1) is 0 Å². The van der Waals surface area contributed by atoms with Crippen molar-refractivity contribution in [3.8, 4) is 0 Å². The second-order valence-electron chi connectivity index (χ2n) is 5.22. The lowest BCUT2D eigenvalue weighted by Gasteiger charge is -2.35. The van der Waals surface area contributed by atoms with Crippen molar-refractivity contribution in [2.45, 2.75) is 18.9 Å². The number of aryl methyl sites for hydroxylation is 1. The molecule has 0 spiro atoms. The molecule has 1 aromatic rings. The summed E-state index contributed by atoms with van der Waals surface area (Å²) < 4.78 is 1.79. The van der Waals surface area contributed by atoms with Crippen LogP contribution in [0.2, 0.25) is 0 Å². The van der Waals surface area contributed by atoms with Crippen LogP contribution in [-0.4, -0.2) is 53.5 Å². The summed E-state index contributed by atoms with van der Waals surface area (Å²) in [6.45, 7) is 2.11. The molecule has 0 aliphatic carbocycles. The lowest BCUT2D eigenvalue weighted by molar-refractivity contribution is 0.0650. The zero-order chi connectivity index (χ0) is 13.3. The van der Waals surface area contributed by atoms with Crippen molar-refractivity contribution in [2.24, 2.45) is 7.05 Å². The van der Waals surface area contributed by atoms with E-state index >= 15 is 0 Å². The third kappa shape index (κ3) is 2.51. The van der Waals surface area contributed by atoms with Gasteiger partial charge in [0.05, 0.1) is 5.69 Å². The highest BCUT2D eigenvalue weighted by Gasteiger charge is 2.25. The first kappa shape index (κ1) is 13.0. The summed E-state index contributed by atoms with van der Waals surface area (Å²) in [5, 5.41) is 0. The molecule has 0 unspecified atom stereocenters. The minimum atomic E-state index is 0.0590. The molecule has 100 valence electrons. The molecule has 1 fully saturated rings. The van der Waals surface area contributed by atoms with Crippen LogP contribution in [0.15, 0.2) is 12.3 Å². The first-order valence-electron chi connectivity index (χ1n) is 6.36. The Bertz CT molecular complexity index is 432. The van der Waals surface area contributed by atoms with Gasteiger partial charge in [0, 0.05) is 26.3 Å². The molecule has 5 heteroatoms. The molecular formula is C13H22N4O. The van der Waals surface area contributed by atoms with Crippen LogP contribution in [-0.2, 0) is 7.05 Å². The topological polar surface area (TPSA) is 54.5 Å². The molecule has 1 aromatic heterocycles. The molecule has 0 radical (unpaired) electrons. The van der Waals surface area contributed by atoms with E-state index in [1.165, 1.54) is 0 Å². The molecule has 1 saturated heterocycles. The highest BCUT2D eigenvalue weighted by atomic mass is 16.2. The van der Waals surface area contributed by atoms with Crippen LogP contribution in [0.4, 0.5) is 5.69 Å². The Hall–Kier alpha value is -1.49. The van der Waals surface area contributed by atoms with E-state index in [-0.39, 0.29) is 5.91 Å². The van der Waals surface area contributed by atoms with E-state index in [4.69, 9.17) is 5.73 Å². The van der Waals surface area contributed by atoms with Crippen molar-refractivity contribution in [3.63, 3.8) is 0 Å². The molecule has 1 aliphatic rings. The van der Waals surface area contributed by atoms with Crippen molar-refractivity contribution < 1.29 is 4.79 Å². The van der Waals surface area contributed by atoms with Crippen LogP contribution in [0, 0.1) is 0 Å². The smallest absolute Gasteiger partial charge is 0.270 e. The molecule has 2 heterocycles. The number of aromatic nitrogens is 1. The second kappa shape index (κ2) is 5.02. The quantitative estimate of drug-likeness (QED) is 0.843. The Morgan fingerprint density at radius 1 is 1.39 bits per heavy atom. The third-order valence-electron chi connectivity index (χ3n) is 3.80. The summed E-state index contributed by atoms with van der Waals surface area (Å²) >= 11 is 0. The van der Waals surface area contributed by atoms with Gasteiger partial charge in [0.25, 0.3) is 5.91 Å². The Kier molecular flexibility index (Phi) is 3.61. The van der Waals surface area contributed by atoms with Crippen molar-refractivity contribution in [1.29, 1.82) is 0 Å². The number of amides is 1. The van der Waals surface area contributed by atoms with Gasteiger partial charge in [-0.1, -0.05) is 0 Å².